The molecule has 0 saturated heterocycles. The maximum absolute atomic E-state index is 12.4. The minimum Gasteiger partial charge on any atom is -0.494 e. The number of benzene rings is 2. The standard InChI is InChI=1S/C24H28N2O4/c1-3-8-20-21(23(27)29-2)22(26-24(28)25-20)18-12-14-19(15-13-18)30-16-7-11-17-9-5-4-6-10-17/h4-6,9-10,12-15,22H,3,7-8,11,16H2,1-2H3,(H2,25,26,28). The number of urea groups is 1. The number of rotatable bonds is 9. The number of carbonyl (C=O) groups excluding carboxylic acids is 2. The van der Waals surface area contributed by atoms with Crippen molar-refractivity contribution in [3.63, 3.8) is 0 Å². The molecule has 0 saturated carbocycles. The molecule has 2 aromatic carbocycles. The summed E-state index contributed by atoms with van der Waals surface area (Å²) in [6, 6.07) is 16.9. The molecule has 3 rings (SSSR count). The molecule has 2 aromatic rings. The first-order valence-electron chi connectivity index (χ1n) is 10.3. The SMILES string of the molecule is CCCC1=C(C(=O)OC)C(c2ccc(OCCCc3ccccc3)cc2)NC(=O)N1. The van der Waals surface area contributed by atoms with Crippen molar-refractivity contribution < 1.29 is 19.1 Å². The number of esters is 1. The Kier molecular flexibility index (Phi) is 7.49. The highest BCUT2D eigenvalue weighted by Crippen LogP contribution is 2.30. The Morgan fingerprint density at radius 3 is 2.43 bits per heavy atom. The molecule has 158 valence electrons. The van der Waals surface area contributed by atoms with E-state index in [9.17, 15) is 9.59 Å². The lowest BCUT2D eigenvalue weighted by molar-refractivity contribution is -0.136. The zero-order valence-corrected chi connectivity index (χ0v) is 17.4. The number of carbonyl (C=O) groups is 2. The van der Waals surface area contributed by atoms with Crippen molar-refractivity contribution in [2.75, 3.05) is 13.7 Å². The number of methoxy groups -OCH3 is 1. The van der Waals surface area contributed by atoms with Crippen molar-refractivity contribution in [1.82, 2.24) is 10.6 Å². The quantitative estimate of drug-likeness (QED) is 0.480. The largest absolute Gasteiger partial charge is 0.494 e. The zero-order chi connectivity index (χ0) is 21.3. The highest BCUT2D eigenvalue weighted by molar-refractivity contribution is 5.95. The Morgan fingerprint density at radius 1 is 1.03 bits per heavy atom. The molecule has 0 radical (unpaired) electrons. The molecular formula is C24H28N2O4. The van der Waals surface area contributed by atoms with Gasteiger partial charge in [0.25, 0.3) is 0 Å². The number of amides is 2. The summed E-state index contributed by atoms with van der Waals surface area (Å²) in [6.07, 6.45) is 3.29. The Hall–Kier alpha value is -3.28. The van der Waals surface area contributed by atoms with E-state index >= 15 is 0 Å². The number of ether oxygens (including phenoxy) is 2. The molecule has 0 bridgehead atoms. The first-order chi connectivity index (χ1) is 14.6. The third-order valence-corrected chi connectivity index (χ3v) is 4.99. The van der Waals surface area contributed by atoms with Crippen LogP contribution in [0.5, 0.6) is 5.75 Å². The van der Waals surface area contributed by atoms with E-state index in [0.717, 1.165) is 30.6 Å². The van der Waals surface area contributed by atoms with Gasteiger partial charge in [0.1, 0.15) is 5.75 Å². The van der Waals surface area contributed by atoms with Crippen LogP contribution < -0.4 is 15.4 Å². The summed E-state index contributed by atoms with van der Waals surface area (Å²) in [5.74, 6) is 0.307. The van der Waals surface area contributed by atoms with Gasteiger partial charge < -0.3 is 20.1 Å². The second-order valence-corrected chi connectivity index (χ2v) is 7.17. The van der Waals surface area contributed by atoms with E-state index in [1.54, 1.807) is 0 Å². The number of nitrogens with one attached hydrogen (secondary N) is 2. The maximum atomic E-state index is 12.4. The molecule has 6 nitrogen and oxygen atoms in total. The molecular weight excluding hydrogens is 380 g/mol. The maximum Gasteiger partial charge on any atom is 0.337 e. The van der Waals surface area contributed by atoms with Gasteiger partial charge >= 0.3 is 12.0 Å². The average Bonchev–Trinajstić information content (AvgIpc) is 2.77. The second kappa shape index (κ2) is 10.5. The molecule has 0 fully saturated rings. The molecule has 6 heteroatoms. The zero-order valence-electron chi connectivity index (χ0n) is 17.4. The van der Waals surface area contributed by atoms with Crippen LogP contribution in [0.2, 0.25) is 0 Å². The van der Waals surface area contributed by atoms with Crippen LogP contribution in [-0.4, -0.2) is 25.7 Å². The average molecular weight is 408 g/mol. The number of hydrogen-bond donors (Lipinski definition) is 2. The van der Waals surface area contributed by atoms with Crippen LogP contribution in [-0.2, 0) is 16.0 Å². The molecule has 1 aliphatic rings. The smallest absolute Gasteiger partial charge is 0.337 e. The normalized spacial score (nSPS) is 15.9. The van der Waals surface area contributed by atoms with E-state index in [4.69, 9.17) is 9.47 Å². The minimum absolute atomic E-state index is 0.322. The molecule has 1 aliphatic heterocycles. The summed E-state index contributed by atoms with van der Waals surface area (Å²) < 4.78 is 10.8. The topological polar surface area (TPSA) is 76.7 Å². The van der Waals surface area contributed by atoms with E-state index in [-0.39, 0.29) is 6.03 Å². The van der Waals surface area contributed by atoms with Crippen molar-refractivity contribution in [2.24, 2.45) is 0 Å². The number of allylic oxidation sites excluding steroid dienone is 1. The van der Waals surface area contributed by atoms with E-state index in [2.05, 4.69) is 22.8 Å². The lowest BCUT2D eigenvalue weighted by Crippen LogP contribution is -2.45. The van der Waals surface area contributed by atoms with Crippen molar-refractivity contribution in [2.45, 2.75) is 38.6 Å². The Labute approximate surface area is 177 Å². The van der Waals surface area contributed by atoms with Gasteiger partial charge in [-0.2, -0.15) is 0 Å². The van der Waals surface area contributed by atoms with Crippen LogP contribution in [0.15, 0.2) is 65.9 Å². The Balaban J connectivity index is 1.66. The van der Waals surface area contributed by atoms with Gasteiger partial charge in [0.05, 0.1) is 25.3 Å². The van der Waals surface area contributed by atoms with E-state index in [0.29, 0.717) is 24.3 Å². The molecule has 30 heavy (non-hydrogen) atoms. The molecule has 0 spiro atoms. The Bertz CT molecular complexity index is 891. The Morgan fingerprint density at radius 2 is 1.77 bits per heavy atom. The van der Waals surface area contributed by atoms with Gasteiger partial charge in [-0.3, -0.25) is 0 Å². The van der Waals surface area contributed by atoms with Crippen LogP contribution in [0.3, 0.4) is 0 Å². The van der Waals surface area contributed by atoms with Crippen LogP contribution in [0, 0.1) is 0 Å². The predicted molar refractivity (Wildman–Crippen MR) is 115 cm³/mol. The lowest BCUT2D eigenvalue weighted by atomic mass is 9.94. The summed E-state index contributed by atoms with van der Waals surface area (Å²) in [6.45, 7) is 2.61. The minimum atomic E-state index is -0.556. The summed E-state index contributed by atoms with van der Waals surface area (Å²) in [5, 5.41) is 5.57. The van der Waals surface area contributed by atoms with Crippen LogP contribution >= 0.6 is 0 Å². The van der Waals surface area contributed by atoms with E-state index in [1.807, 2.05) is 49.4 Å². The van der Waals surface area contributed by atoms with Crippen molar-refractivity contribution in [3.8, 4) is 5.75 Å². The van der Waals surface area contributed by atoms with Crippen molar-refractivity contribution in [1.29, 1.82) is 0 Å². The molecule has 2 amide bonds. The van der Waals surface area contributed by atoms with Crippen LogP contribution in [0.4, 0.5) is 4.79 Å². The van der Waals surface area contributed by atoms with Gasteiger partial charge in [-0.15, -0.1) is 0 Å². The van der Waals surface area contributed by atoms with Gasteiger partial charge in [0.15, 0.2) is 0 Å². The first-order valence-corrected chi connectivity index (χ1v) is 10.3. The molecule has 1 atom stereocenters. The number of aryl methyl sites for hydroxylation is 1. The van der Waals surface area contributed by atoms with Gasteiger partial charge in [0.2, 0.25) is 0 Å². The number of hydrogen-bond acceptors (Lipinski definition) is 4. The summed E-state index contributed by atoms with van der Waals surface area (Å²) in [7, 11) is 1.35. The predicted octanol–water partition coefficient (Wildman–Crippen LogP) is 4.28. The van der Waals surface area contributed by atoms with E-state index < -0.39 is 12.0 Å². The summed E-state index contributed by atoms with van der Waals surface area (Å²) >= 11 is 0. The van der Waals surface area contributed by atoms with Gasteiger partial charge in [0, 0.05) is 5.70 Å². The molecule has 1 heterocycles. The highest BCUT2D eigenvalue weighted by Gasteiger charge is 2.32. The van der Waals surface area contributed by atoms with Gasteiger partial charge in [-0.05, 0) is 42.5 Å². The van der Waals surface area contributed by atoms with E-state index in [1.165, 1.54) is 12.7 Å². The molecule has 1 unspecified atom stereocenters. The van der Waals surface area contributed by atoms with Crippen molar-refractivity contribution >= 4 is 12.0 Å². The summed E-state index contributed by atoms with van der Waals surface area (Å²) in [4.78, 5) is 24.5. The third kappa shape index (κ3) is 5.41. The fourth-order valence-corrected chi connectivity index (χ4v) is 3.53. The monoisotopic (exact) mass is 408 g/mol. The first kappa shape index (κ1) is 21.4. The fraction of sp³-hybridized carbons (Fsp3) is 0.333. The van der Waals surface area contributed by atoms with Gasteiger partial charge in [-0.1, -0.05) is 55.8 Å². The molecule has 2 N–H and O–H groups in total. The van der Waals surface area contributed by atoms with Crippen LogP contribution in [0.25, 0.3) is 0 Å². The van der Waals surface area contributed by atoms with Crippen molar-refractivity contribution in [3.05, 3.63) is 77.0 Å². The fourth-order valence-electron chi connectivity index (χ4n) is 3.53. The third-order valence-electron chi connectivity index (χ3n) is 4.99. The summed E-state index contributed by atoms with van der Waals surface area (Å²) in [5.41, 5.74) is 3.15. The lowest BCUT2D eigenvalue weighted by Gasteiger charge is -2.29. The van der Waals surface area contributed by atoms with Gasteiger partial charge in [-0.25, -0.2) is 9.59 Å². The molecule has 0 aromatic heterocycles. The van der Waals surface area contributed by atoms with Crippen LogP contribution in [0.1, 0.15) is 43.4 Å². The molecule has 0 aliphatic carbocycles. The second-order valence-electron chi connectivity index (χ2n) is 7.17. The highest BCUT2D eigenvalue weighted by atomic mass is 16.5.